The molecule has 0 unspecified atom stereocenters. The molecule has 1 saturated heterocycles. The maximum Gasteiger partial charge on any atom is 0.256 e. The summed E-state index contributed by atoms with van der Waals surface area (Å²) in [6.45, 7) is 6.37. The van der Waals surface area contributed by atoms with Gasteiger partial charge in [0.05, 0.1) is 5.56 Å². The van der Waals surface area contributed by atoms with Crippen molar-refractivity contribution in [2.24, 2.45) is 0 Å². The lowest BCUT2D eigenvalue weighted by Crippen LogP contribution is -2.48. The first-order valence-electron chi connectivity index (χ1n) is 7.17. The van der Waals surface area contributed by atoms with E-state index in [1.54, 1.807) is 4.90 Å². The number of hydrogen-bond acceptors (Lipinski definition) is 2. The molecule has 0 saturated carbocycles. The maximum atomic E-state index is 12.8. The van der Waals surface area contributed by atoms with E-state index in [4.69, 9.17) is 0 Å². The summed E-state index contributed by atoms with van der Waals surface area (Å²) in [5.41, 5.74) is 3.83. The first kappa shape index (κ1) is 13.7. The van der Waals surface area contributed by atoms with E-state index < -0.39 is 0 Å². The number of aromatic nitrogens is 1. The number of hydrogen-bond donors (Lipinski definition) is 1. The minimum atomic E-state index is 0.0492. The Labute approximate surface area is 123 Å². The van der Waals surface area contributed by atoms with Crippen LogP contribution < -0.4 is 0 Å². The van der Waals surface area contributed by atoms with Gasteiger partial charge in [0.2, 0.25) is 6.41 Å². The summed E-state index contributed by atoms with van der Waals surface area (Å²) in [4.78, 5) is 30.3. The second-order valence-electron chi connectivity index (χ2n) is 5.61. The van der Waals surface area contributed by atoms with Crippen molar-refractivity contribution in [2.75, 3.05) is 26.2 Å². The van der Waals surface area contributed by atoms with Gasteiger partial charge in [0, 0.05) is 42.8 Å². The summed E-state index contributed by atoms with van der Waals surface area (Å²) in [5.74, 6) is 0.0492. The highest BCUT2D eigenvalue weighted by Gasteiger charge is 2.25. The molecule has 1 N–H and O–H groups in total. The molecule has 0 bridgehead atoms. The zero-order valence-electron chi connectivity index (χ0n) is 12.3. The van der Waals surface area contributed by atoms with Crippen LogP contribution in [0.4, 0.5) is 0 Å². The van der Waals surface area contributed by atoms with Crippen LogP contribution >= 0.6 is 0 Å². The predicted molar refractivity (Wildman–Crippen MR) is 81.3 cm³/mol. The molecule has 2 aromatic rings. The van der Waals surface area contributed by atoms with Crippen molar-refractivity contribution in [3.05, 3.63) is 35.0 Å². The molecule has 1 aromatic carbocycles. The summed E-state index contributed by atoms with van der Waals surface area (Å²) >= 11 is 0. The fourth-order valence-electron chi connectivity index (χ4n) is 2.91. The number of aryl methyl sites for hydroxylation is 2. The van der Waals surface area contributed by atoms with Crippen LogP contribution in [0, 0.1) is 13.8 Å². The van der Waals surface area contributed by atoms with E-state index in [1.165, 1.54) is 5.56 Å². The third kappa shape index (κ3) is 2.39. The van der Waals surface area contributed by atoms with Gasteiger partial charge in [-0.3, -0.25) is 9.59 Å². The lowest BCUT2D eigenvalue weighted by atomic mass is 10.1. The smallest absolute Gasteiger partial charge is 0.256 e. The van der Waals surface area contributed by atoms with E-state index >= 15 is 0 Å². The van der Waals surface area contributed by atoms with E-state index in [-0.39, 0.29) is 5.91 Å². The average molecular weight is 285 g/mol. The quantitative estimate of drug-likeness (QED) is 0.854. The Hall–Kier alpha value is -2.30. The fraction of sp³-hybridized carbons (Fsp3) is 0.375. The Balaban J connectivity index is 1.91. The topological polar surface area (TPSA) is 56.4 Å². The molecule has 5 heteroatoms. The predicted octanol–water partition coefficient (Wildman–Crippen LogP) is 1.70. The van der Waals surface area contributed by atoms with Crippen molar-refractivity contribution in [1.82, 2.24) is 14.8 Å². The molecule has 0 aliphatic carbocycles. The van der Waals surface area contributed by atoms with Crippen molar-refractivity contribution in [3.63, 3.8) is 0 Å². The number of rotatable bonds is 2. The highest BCUT2D eigenvalue weighted by atomic mass is 16.2. The lowest BCUT2D eigenvalue weighted by molar-refractivity contribution is -0.119. The normalized spacial score (nSPS) is 15.5. The van der Waals surface area contributed by atoms with Gasteiger partial charge >= 0.3 is 0 Å². The molecule has 1 aromatic heterocycles. The van der Waals surface area contributed by atoms with Crippen molar-refractivity contribution in [1.29, 1.82) is 0 Å². The number of carbonyl (C=O) groups is 2. The van der Waals surface area contributed by atoms with Gasteiger partial charge in [-0.1, -0.05) is 12.1 Å². The van der Waals surface area contributed by atoms with Crippen molar-refractivity contribution >= 4 is 23.2 Å². The van der Waals surface area contributed by atoms with E-state index in [2.05, 4.69) is 11.1 Å². The highest BCUT2D eigenvalue weighted by Crippen LogP contribution is 2.24. The van der Waals surface area contributed by atoms with Gasteiger partial charge in [-0.05, 0) is 25.5 Å². The van der Waals surface area contributed by atoms with Crippen LogP contribution in [-0.2, 0) is 4.79 Å². The largest absolute Gasteiger partial charge is 0.358 e. The Morgan fingerprint density at radius 3 is 2.57 bits per heavy atom. The minimum absolute atomic E-state index is 0.0492. The molecule has 21 heavy (non-hydrogen) atoms. The van der Waals surface area contributed by atoms with Gasteiger partial charge in [-0.25, -0.2) is 0 Å². The number of carbonyl (C=O) groups excluding carboxylic acids is 2. The third-order valence-electron chi connectivity index (χ3n) is 4.11. The molecule has 2 amide bonds. The first-order chi connectivity index (χ1) is 10.1. The summed E-state index contributed by atoms with van der Waals surface area (Å²) < 4.78 is 0. The van der Waals surface area contributed by atoms with Gasteiger partial charge in [0.25, 0.3) is 5.91 Å². The van der Waals surface area contributed by atoms with Gasteiger partial charge in [0.15, 0.2) is 0 Å². The van der Waals surface area contributed by atoms with Crippen LogP contribution in [0.1, 0.15) is 21.6 Å². The highest BCUT2D eigenvalue weighted by molar-refractivity contribution is 6.08. The Morgan fingerprint density at radius 2 is 1.90 bits per heavy atom. The number of benzene rings is 1. The zero-order chi connectivity index (χ0) is 15.0. The van der Waals surface area contributed by atoms with E-state index in [0.29, 0.717) is 26.2 Å². The number of fused-ring (bicyclic) bond motifs is 1. The molecule has 3 rings (SSSR count). The minimum Gasteiger partial charge on any atom is -0.358 e. The third-order valence-corrected chi connectivity index (χ3v) is 4.11. The average Bonchev–Trinajstić information content (AvgIpc) is 2.81. The number of nitrogens with one attached hydrogen (secondary N) is 1. The number of piperazine rings is 1. The van der Waals surface area contributed by atoms with E-state index in [9.17, 15) is 9.59 Å². The van der Waals surface area contributed by atoms with E-state index in [1.807, 2.05) is 30.9 Å². The molecule has 1 aliphatic heterocycles. The SMILES string of the molecule is Cc1ccc2c(C(=O)N3CCN(C=O)CC3)c(C)[nH]c2c1. The van der Waals surface area contributed by atoms with Crippen LogP contribution in [0.2, 0.25) is 0 Å². The number of amides is 2. The maximum absolute atomic E-state index is 12.8. The molecule has 5 nitrogen and oxygen atoms in total. The van der Waals surface area contributed by atoms with Crippen LogP contribution in [-0.4, -0.2) is 53.3 Å². The molecule has 110 valence electrons. The molecular formula is C16H19N3O2. The standard InChI is InChI=1S/C16H19N3O2/c1-11-3-4-13-14(9-11)17-12(2)15(13)16(21)19-7-5-18(10-20)6-8-19/h3-4,9-10,17H,5-8H2,1-2H3. The van der Waals surface area contributed by atoms with Crippen LogP contribution in [0.25, 0.3) is 10.9 Å². The van der Waals surface area contributed by atoms with Gasteiger partial charge < -0.3 is 14.8 Å². The number of H-pyrrole nitrogens is 1. The lowest BCUT2D eigenvalue weighted by Gasteiger charge is -2.32. The summed E-state index contributed by atoms with van der Waals surface area (Å²) in [5, 5.41) is 0.973. The number of nitrogens with zero attached hydrogens (tertiary/aromatic N) is 2. The molecule has 1 fully saturated rings. The van der Waals surface area contributed by atoms with Crippen LogP contribution in [0.5, 0.6) is 0 Å². The van der Waals surface area contributed by atoms with E-state index in [0.717, 1.165) is 28.6 Å². The summed E-state index contributed by atoms with van der Waals surface area (Å²) in [6.07, 6.45) is 0.849. The first-order valence-corrected chi connectivity index (χ1v) is 7.17. The van der Waals surface area contributed by atoms with Gasteiger partial charge in [-0.2, -0.15) is 0 Å². The molecule has 1 aliphatic rings. The molecule has 0 spiro atoms. The second kappa shape index (κ2) is 5.24. The summed E-state index contributed by atoms with van der Waals surface area (Å²) in [6, 6.07) is 6.09. The second-order valence-corrected chi connectivity index (χ2v) is 5.61. The summed E-state index contributed by atoms with van der Waals surface area (Å²) in [7, 11) is 0. The van der Waals surface area contributed by atoms with Gasteiger partial charge in [-0.15, -0.1) is 0 Å². The Morgan fingerprint density at radius 1 is 1.19 bits per heavy atom. The Kier molecular flexibility index (Phi) is 3.41. The molecule has 0 radical (unpaired) electrons. The fourth-order valence-corrected chi connectivity index (χ4v) is 2.91. The van der Waals surface area contributed by atoms with Crippen LogP contribution in [0.3, 0.4) is 0 Å². The molecule has 2 heterocycles. The van der Waals surface area contributed by atoms with Crippen molar-refractivity contribution in [2.45, 2.75) is 13.8 Å². The van der Waals surface area contributed by atoms with Gasteiger partial charge in [0.1, 0.15) is 0 Å². The molecule has 0 atom stereocenters. The van der Waals surface area contributed by atoms with Crippen molar-refractivity contribution in [3.8, 4) is 0 Å². The molecular weight excluding hydrogens is 266 g/mol. The monoisotopic (exact) mass is 285 g/mol. The zero-order valence-corrected chi connectivity index (χ0v) is 12.3. The Bertz CT molecular complexity index is 697. The van der Waals surface area contributed by atoms with Crippen LogP contribution in [0.15, 0.2) is 18.2 Å². The van der Waals surface area contributed by atoms with Crippen molar-refractivity contribution < 1.29 is 9.59 Å². The number of aromatic amines is 1.